The molecule has 3 aliphatic heterocycles. The lowest BCUT2D eigenvalue weighted by Gasteiger charge is -2.35. The van der Waals surface area contributed by atoms with Crippen LogP contribution in [0.15, 0.2) is 18.2 Å². The van der Waals surface area contributed by atoms with Crippen molar-refractivity contribution in [3.63, 3.8) is 0 Å². The van der Waals surface area contributed by atoms with Crippen molar-refractivity contribution >= 4 is 17.5 Å². The number of hydrogen-bond acceptors (Lipinski definition) is 5. The molecule has 1 aromatic carbocycles. The minimum Gasteiger partial charge on any atom is -0.375 e. The average Bonchev–Trinajstić information content (AvgIpc) is 3.19. The van der Waals surface area contributed by atoms with Crippen LogP contribution in [-0.4, -0.2) is 35.7 Å². The van der Waals surface area contributed by atoms with E-state index in [2.05, 4.69) is 0 Å². The predicted molar refractivity (Wildman–Crippen MR) is 98.2 cm³/mol. The van der Waals surface area contributed by atoms with Gasteiger partial charge in [-0.25, -0.2) is 4.90 Å². The molecular weight excluding hydrogens is 401 g/mol. The van der Waals surface area contributed by atoms with Crippen LogP contribution in [0.25, 0.3) is 0 Å². The van der Waals surface area contributed by atoms with E-state index < -0.39 is 52.2 Å². The molecule has 160 valence electrons. The molecule has 0 N–H and O–H groups in total. The van der Waals surface area contributed by atoms with Gasteiger partial charge >= 0.3 is 6.18 Å². The maximum atomic E-state index is 13.4. The first-order valence-electron chi connectivity index (χ1n) is 9.79. The second kappa shape index (κ2) is 6.53. The number of halogens is 3. The van der Waals surface area contributed by atoms with Crippen LogP contribution in [0.3, 0.4) is 0 Å². The fourth-order valence-corrected chi connectivity index (χ4v) is 5.24. The van der Waals surface area contributed by atoms with E-state index in [0.29, 0.717) is 19.1 Å². The Morgan fingerprint density at radius 2 is 1.93 bits per heavy atom. The van der Waals surface area contributed by atoms with Gasteiger partial charge in [-0.2, -0.15) is 18.4 Å². The third kappa shape index (κ3) is 2.70. The second-order valence-electron chi connectivity index (χ2n) is 8.47. The number of nitriles is 1. The van der Waals surface area contributed by atoms with E-state index in [4.69, 9.17) is 14.7 Å². The molecule has 5 atom stereocenters. The van der Waals surface area contributed by atoms with Crippen LogP contribution in [0.1, 0.15) is 44.7 Å². The van der Waals surface area contributed by atoms with E-state index in [1.165, 1.54) is 12.1 Å². The second-order valence-corrected chi connectivity index (χ2v) is 8.47. The van der Waals surface area contributed by atoms with Gasteiger partial charge < -0.3 is 9.47 Å². The Bertz CT molecular complexity index is 972. The van der Waals surface area contributed by atoms with E-state index in [-0.39, 0.29) is 11.8 Å². The van der Waals surface area contributed by atoms with Gasteiger partial charge in [0.2, 0.25) is 11.8 Å². The number of alkyl halides is 3. The highest BCUT2D eigenvalue weighted by Gasteiger charge is 2.76. The van der Waals surface area contributed by atoms with Crippen molar-refractivity contribution in [2.24, 2.45) is 11.8 Å². The molecule has 0 saturated carbocycles. The predicted octanol–water partition coefficient (Wildman–Crippen LogP) is 3.43. The number of imide groups is 1. The number of anilines is 1. The molecule has 2 amide bonds. The minimum absolute atomic E-state index is 0.191. The molecule has 3 heterocycles. The van der Waals surface area contributed by atoms with Crippen LogP contribution < -0.4 is 4.90 Å². The fraction of sp³-hybridized carbons (Fsp3) is 0.571. The molecule has 3 saturated heterocycles. The number of fused-ring (bicyclic) bond motifs is 5. The van der Waals surface area contributed by atoms with Crippen LogP contribution in [-0.2, 0) is 25.2 Å². The molecule has 0 radical (unpaired) electrons. The molecular formula is C21H21F3N2O4. The normalized spacial score (nSPS) is 35.1. The van der Waals surface area contributed by atoms with E-state index in [1.807, 2.05) is 6.92 Å². The summed E-state index contributed by atoms with van der Waals surface area (Å²) in [4.78, 5) is 27.3. The summed E-state index contributed by atoms with van der Waals surface area (Å²) in [5.74, 6) is -2.81. The highest BCUT2D eigenvalue weighted by molar-refractivity contribution is 6.23. The van der Waals surface area contributed by atoms with E-state index in [0.717, 1.165) is 17.4 Å². The number of rotatable bonds is 4. The first-order chi connectivity index (χ1) is 14.0. The summed E-state index contributed by atoms with van der Waals surface area (Å²) in [7, 11) is 0. The summed E-state index contributed by atoms with van der Waals surface area (Å²) in [6.07, 6.45) is -3.96. The van der Waals surface area contributed by atoms with Gasteiger partial charge in [0, 0.05) is 13.0 Å². The largest absolute Gasteiger partial charge is 0.417 e. The van der Waals surface area contributed by atoms with Gasteiger partial charge in [0.1, 0.15) is 5.60 Å². The summed E-state index contributed by atoms with van der Waals surface area (Å²) < 4.78 is 52.2. The molecule has 3 fully saturated rings. The lowest BCUT2D eigenvalue weighted by Crippen LogP contribution is -2.50. The van der Waals surface area contributed by atoms with Crippen LogP contribution in [0, 0.1) is 23.2 Å². The highest BCUT2D eigenvalue weighted by atomic mass is 19.4. The minimum atomic E-state index is -4.79. The van der Waals surface area contributed by atoms with Gasteiger partial charge in [0.25, 0.3) is 0 Å². The summed E-state index contributed by atoms with van der Waals surface area (Å²) in [6, 6.07) is 4.37. The fourth-order valence-electron chi connectivity index (χ4n) is 5.24. The molecule has 6 nitrogen and oxygen atoms in total. The topological polar surface area (TPSA) is 79.6 Å². The van der Waals surface area contributed by atoms with E-state index >= 15 is 0 Å². The zero-order chi connectivity index (χ0) is 22.1. The number of amides is 2. The van der Waals surface area contributed by atoms with Gasteiger partial charge in [-0.15, -0.1) is 0 Å². The van der Waals surface area contributed by atoms with E-state index in [1.54, 1.807) is 13.8 Å². The Morgan fingerprint density at radius 3 is 2.53 bits per heavy atom. The van der Waals surface area contributed by atoms with Crippen molar-refractivity contribution in [2.75, 3.05) is 11.5 Å². The summed E-state index contributed by atoms with van der Waals surface area (Å²) in [5.41, 5.74) is -3.90. The Morgan fingerprint density at radius 1 is 1.27 bits per heavy atom. The third-order valence-corrected chi connectivity index (χ3v) is 6.48. The molecule has 0 unspecified atom stereocenters. The van der Waals surface area contributed by atoms with Gasteiger partial charge in [0.05, 0.1) is 46.4 Å². The van der Waals surface area contributed by atoms with Crippen LogP contribution in [0.5, 0.6) is 0 Å². The monoisotopic (exact) mass is 422 g/mol. The van der Waals surface area contributed by atoms with Crippen molar-refractivity contribution in [1.82, 2.24) is 0 Å². The number of nitrogens with zero attached hydrogens (tertiary/aromatic N) is 2. The Labute approximate surface area is 171 Å². The van der Waals surface area contributed by atoms with Crippen LogP contribution in [0.2, 0.25) is 0 Å². The number of benzene rings is 1. The molecule has 4 rings (SSSR count). The lowest BCUT2D eigenvalue weighted by molar-refractivity contribution is -0.138. The molecule has 0 aliphatic carbocycles. The molecule has 9 heteroatoms. The number of ether oxygens (including phenoxy) is 2. The quantitative estimate of drug-likeness (QED) is 0.695. The SMILES string of the molecule is CCCO[C@@H]1C[C@]2(C)O[C@@]1(C)[C@H]1C(=O)N(c3ccc(C#N)c(C(F)(F)F)c3)C(=O)[C@H]12. The van der Waals surface area contributed by atoms with E-state index in [9.17, 15) is 22.8 Å². The van der Waals surface area contributed by atoms with Crippen molar-refractivity contribution < 1.29 is 32.2 Å². The Hall–Kier alpha value is -2.44. The zero-order valence-electron chi connectivity index (χ0n) is 16.7. The molecule has 30 heavy (non-hydrogen) atoms. The summed E-state index contributed by atoms with van der Waals surface area (Å²) in [6.45, 7) is 5.92. The average molecular weight is 422 g/mol. The molecule has 0 aromatic heterocycles. The molecule has 2 bridgehead atoms. The number of carbonyl (C=O) groups is 2. The lowest BCUT2D eigenvalue weighted by atomic mass is 9.67. The van der Waals surface area contributed by atoms with Gasteiger partial charge in [-0.05, 0) is 38.5 Å². The molecule has 0 spiro atoms. The number of carbonyl (C=O) groups excluding carboxylic acids is 2. The third-order valence-electron chi connectivity index (χ3n) is 6.48. The van der Waals surface area contributed by atoms with Crippen LogP contribution >= 0.6 is 0 Å². The standard InChI is InChI=1S/C21H21F3N2O4/c1-4-7-29-14-9-19(2)15-16(20(14,3)30-19)18(28)26(17(15)27)12-6-5-11(10-25)13(8-12)21(22,23)24/h5-6,8,14-16H,4,7,9H2,1-3H3/t14-,15+,16-,19+,20-/m1/s1. The number of hydrogen-bond donors (Lipinski definition) is 0. The summed E-state index contributed by atoms with van der Waals surface area (Å²) in [5, 5.41) is 8.99. The van der Waals surface area contributed by atoms with Crippen LogP contribution in [0.4, 0.5) is 18.9 Å². The maximum absolute atomic E-state index is 13.4. The van der Waals surface area contributed by atoms with Gasteiger partial charge in [0.15, 0.2) is 0 Å². The first-order valence-corrected chi connectivity index (χ1v) is 9.79. The Kier molecular flexibility index (Phi) is 4.53. The summed E-state index contributed by atoms with van der Waals surface area (Å²) >= 11 is 0. The van der Waals surface area contributed by atoms with Crippen molar-refractivity contribution in [3.05, 3.63) is 29.3 Å². The van der Waals surface area contributed by atoms with Crippen molar-refractivity contribution in [1.29, 1.82) is 5.26 Å². The van der Waals surface area contributed by atoms with Gasteiger partial charge in [-0.1, -0.05) is 6.92 Å². The van der Waals surface area contributed by atoms with Crippen molar-refractivity contribution in [3.8, 4) is 6.07 Å². The van der Waals surface area contributed by atoms with Gasteiger partial charge in [-0.3, -0.25) is 9.59 Å². The highest BCUT2D eigenvalue weighted by Crippen LogP contribution is 2.61. The zero-order valence-corrected chi connectivity index (χ0v) is 16.7. The maximum Gasteiger partial charge on any atom is 0.417 e. The first kappa shape index (κ1) is 20.8. The molecule has 1 aromatic rings. The smallest absolute Gasteiger partial charge is 0.375 e. The van der Waals surface area contributed by atoms with Crippen molar-refractivity contribution in [2.45, 2.75) is 57.1 Å². The Balaban J connectivity index is 1.74. The molecule has 3 aliphatic rings.